The Kier molecular flexibility index (Phi) is 7.52. The SMILES string of the molecule is CC(=O)N[C@H]1CCN(C(=O)C2=Cc3c(N[C@H](C)c4cccc(C(F)(F)F)c4C)nc(C)nc3C(=C=O)N2C)C1. The zero-order valence-electron chi connectivity index (χ0n) is 22.2. The number of amides is 2. The average molecular weight is 543 g/mol. The molecule has 1 aromatic heterocycles. The monoisotopic (exact) mass is 542 g/mol. The summed E-state index contributed by atoms with van der Waals surface area (Å²) in [6.45, 7) is 6.91. The second-order valence-corrected chi connectivity index (χ2v) is 9.74. The van der Waals surface area contributed by atoms with Crippen LogP contribution in [0.15, 0.2) is 23.9 Å². The molecule has 1 saturated heterocycles. The van der Waals surface area contributed by atoms with Crippen molar-refractivity contribution < 1.29 is 27.6 Å². The van der Waals surface area contributed by atoms with Crippen molar-refractivity contribution in [3.8, 4) is 0 Å². The van der Waals surface area contributed by atoms with Crippen LogP contribution in [0.3, 0.4) is 0 Å². The molecule has 2 amide bonds. The Hall–Kier alpha value is -4.18. The maximum absolute atomic E-state index is 13.5. The Morgan fingerprint density at radius 3 is 2.56 bits per heavy atom. The van der Waals surface area contributed by atoms with E-state index in [9.17, 15) is 27.6 Å². The number of alkyl halides is 3. The van der Waals surface area contributed by atoms with Gasteiger partial charge < -0.3 is 20.4 Å². The number of carbonyl (C=O) groups excluding carboxylic acids is 3. The zero-order chi connectivity index (χ0) is 28.6. The molecule has 2 aliphatic heterocycles. The number of halogens is 3. The van der Waals surface area contributed by atoms with Gasteiger partial charge in [-0.25, -0.2) is 14.8 Å². The third kappa shape index (κ3) is 5.51. The zero-order valence-corrected chi connectivity index (χ0v) is 22.2. The van der Waals surface area contributed by atoms with Crippen LogP contribution in [0.2, 0.25) is 0 Å². The van der Waals surface area contributed by atoms with E-state index in [1.54, 1.807) is 37.9 Å². The summed E-state index contributed by atoms with van der Waals surface area (Å²) in [6, 6.07) is 3.23. The number of aryl methyl sites for hydroxylation is 1. The van der Waals surface area contributed by atoms with Crippen molar-refractivity contribution in [1.29, 1.82) is 0 Å². The molecule has 0 unspecified atom stereocenters. The van der Waals surface area contributed by atoms with Crippen molar-refractivity contribution in [1.82, 2.24) is 25.1 Å². The number of nitrogens with zero attached hydrogens (tertiary/aromatic N) is 4. The van der Waals surface area contributed by atoms with Gasteiger partial charge in [-0.2, -0.15) is 13.2 Å². The van der Waals surface area contributed by atoms with E-state index in [4.69, 9.17) is 0 Å². The van der Waals surface area contributed by atoms with Gasteiger partial charge in [0.1, 0.15) is 23.0 Å². The van der Waals surface area contributed by atoms with Crippen LogP contribution in [0, 0.1) is 13.8 Å². The molecule has 0 saturated carbocycles. The lowest BCUT2D eigenvalue weighted by molar-refractivity contribution is -0.138. The highest BCUT2D eigenvalue weighted by Crippen LogP contribution is 2.38. The van der Waals surface area contributed by atoms with Crippen LogP contribution in [-0.4, -0.2) is 63.7 Å². The summed E-state index contributed by atoms with van der Waals surface area (Å²) in [4.78, 5) is 48.9. The quantitative estimate of drug-likeness (QED) is 0.557. The molecule has 9 nitrogen and oxygen atoms in total. The lowest BCUT2D eigenvalue weighted by atomic mass is 9.96. The number of hydrogen-bond donors (Lipinski definition) is 2. The molecule has 1 aromatic carbocycles. The number of carbonyl (C=O) groups is 2. The highest BCUT2D eigenvalue weighted by Gasteiger charge is 2.36. The Bertz CT molecular complexity index is 1410. The van der Waals surface area contributed by atoms with Crippen LogP contribution >= 0.6 is 0 Å². The summed E-state index contributed by atoms with van der Waals surface area (Å²) in [7, 11) is 1.56. The maximum atomic E-state index is 13.5. The Morgan fingerprint density at radius 1 is 1.21 bits per heavy atom. The molecule has 0 bridgehead atoms. The van der Waals surface area contributed by atoms with Crippen LogP contribution < -0.4 is 10.6 Å². The largest absolute Gasteiger partial charge is 0.416 e. The molecule has 4 rings (SSSR count). The minimum Gasteiger partial charge on any atom is -0.363 e. The lowest BCUT2D eigenvalue weighted by Crippen LogP contribution is -2.40. The highest BCUT2D eigenvalue weighted by atomic mass is 19.4. The van der Waals surface area contributed by atoms with Gasteiger partial charge in [0.2, 0.25) is 5.91 Å². The standard InChI is InChI=1S/C27H29F3N6O3/c1-14-19(7-6-8-21(14)27(28,29)30)15(2)31-25-20-11-22(26(39)36-10-9-18(12-36)34-17(4)38)35(5)23(13-37)24(20)32-16(3)33-25/h6-8,11,15,18H,9-10,12H2,1-5H3,(H,34,38)(H,31,32,33)/t15-,18+/m1/s1. The first-order valence-electron chi connectivity index (χ1n) is 12.4. The van der Waals surface area contributed by atoms with Gasteiger partial charge in [0.25, 0.3) is 5.91 Å². The predicted molar refractivity (Wildman–Crippen MR) is 139 cm³/mol. The number of fused-ring (bicyclic) bond motifs is 1. The molecular formula is C27H29F3N6O3. The van der Waals surface area contributed by atoms with Crippen LogP contribution in [0.25, 0.3) is 11.8 Å². The number of aromatic nitrogens is 2. The van der Waals surface area contributed by atoms with Crippen LogP contribution in [0.4, 0.5) is 19.0 Å². The van der Waals surface area contributed by atoms with Crippen molar-refractivity contribution in [2.45, 2.75) is 52.4 Å². The molecular weight excluding hydrogens is 513 g/mol. The van der Waals surface area contributed by atoms with E-state index in [0.29, 0.717) is 36.5 Å². The number of likely N-dealkylation sites (tertiary alicyclic amines) is 1. The number of anilines is 1. The van der Waals surface area contributed by atoms with E-state index in [-0.39, 0.29) is 46.3 Å². The molecule has 206 valence electrons. The summed E-state index contributed by atoms with van der Waals surface area (Å²) in [5.74, 6) is 1.93. The third-order valence-corrected chi connectivity index (χ3v) is 6.96. The van der Waals surface area contributed by atoms with Crippen molar-refractivity contribution in [2.75, 3.05) is 25.5 Å². The van der Waals surface area contributed by atoms with Crippen molar-refractivity contribution in [3.05, 3.63) is 57.7 Å². The molecule has 2 N–H and O–H groups in total. The summed E-state index contributed by atoms with van der Waals surface area (Å²) in [6.07, 6.45) is -2.33. The van der Waals surface area contributed by atoms with Gasteiger partial charge in [-0.1, -0.05) is 12.1 Å². The first-order valence-corrected chi connectivity index (χ1v) is 12.4. The van der Waals surface area contributed by atoms with E-state index in [1.165, 1.54) is 24.8 Å². The summed E-state index contributed by atoms with van der Waals surface area (Å²) >= 11 is 0. The first kappa shape index (κ1) is 27.8. The molecule has 12 heteroatoms. The molecule has 3 heterocycles. The second-order valence-electron chi connectivity index (χ2n) is 9.74. The van der Waals surface area contributed by atoms with Gasteiger partial charge in [-0.3, -0.25) is 9.59 Å². The number of benzene rings is 1. The van der Waals surface area contributed by atoms with Gasteiger partial charge in [-0.15, -0.1) is 0 Å². The summed E-state index contributed by atoms with van der Waals surface area (Å²) in [5.41, 5.74) is 0.618. The fraction of sp³-hybridized carbons (Fsp3) is 0.407. The molecule has 0 spiro atoms. The maximum Gasteiger partial charge on any atom is 0.416 e. The minimum absolute atomic E-state index is 0.0323. The summed E-state index contributed by atoms with van der Waals surface area (Å²) in [5, 5.41) is 5.98. The Morgan fingerprint density at radius 2 is 1.92 bits per heavy atom. The lowest BCUT2D eigenvalue weighted by Gasteiger charge is -2.31. The average Bonchev–Trinajstić information content (AvgIpc) is 3.30. The fourth-order valence-corrected chi connectivity index (χ4v) is 5.07. The van der Waals surface area contributed by atoms with E-state index in [2.05, 4.69) is 20.6 Å². The second kappa shape index (κ2) is 10.5. The van der Waals surface area contributed by atoms with Crippen molar-refractivity contribution >= 4 is 35.3 Å². The third-order valence-electron chi connectivity index (χ3n) is 6.96. The van der Waals surface area contributed by atoms with E-state index in [0.717, 1.165) is 6.07 Å². The van der Waals surface area contributed by atoms with Crippen molar-refractivity contribution in [3.63, 3.8) is 0 Å². The molecule has 1 fully saturated rings. The molecule has 39 heavy (non-hydrogen) atoms. The van der Waals surface area contributed by atoms with E-state index in [1.807, 2.05) is 5.94 Å². The molecule has 0 radical (unpaired) electrons. The van der Waals surface area contributed by atoms with Crippen LogP contribution in [0.5, 0.6) is 0 Å². The minimum atomic E-state index is -4.49. The van der Waals surface area contributed by atoms with Crippen LogP contribution in [0.1, 0.15) is 60.1 Å². The summed E-state index contributed by atoms with van der Waals surface area (Å²) < 4.78 is 40.5. The van der Waals surface area contributed by atoms with E-state index >= 15 is 0 Å². The number of nitrogens with one attached hydrogen (secondary N) is 2. The first-order chi connectivity index (χ1) is 18.3. The van der Waals surface area contributed by atoms with Crippen LogP contribution in [-0.2, 0) is 20.6 Å². The van der Waals surface area contributed by atoms with Gasteiger partial charge in [0, 0.05) is 38.7 Å². The molecule has 2 aromatic rings. The number of likely N-dealkylation sites (N-methyl/N-ethyl adjacent to an activating group) is 1. The van der Waals surface area contributed by atoms with Gasteiger partial charge in [0.15, 0.2) is 11.6 Å². The molecule has 2 atom stereocenters. The number of rotatable bonds is 5. The normalized spacial score (nSPS) is 17.8. The Labute approximate surface area is 223 Å². The Balaban J connectivity index is 1.72. The predicted octanol–water partition coefficient (Wildman–Crippen LogP) is 3.48. The number of hydrogen-bond acceptors (Lipinski definition) is 7. The van der Waals surface area contributed by atoms with Gasteiger partial charge in [-0.05, 0) is 50.5 Å². The van der Waals surface area contributed by atoms with Gasteiger partial charge in [0.05, 0.1) is 11.6 Å². The van der Waals surface area contributed by atoms with Gasteiger partial charge >= 0.3 is 6.18 Å². The highest BCUT2D eigenvalue weighted by molar-refractivity contribution is 6.05. The van der Waals surface area contributed by atoms with Crippen molar-refractivity contribution in [2.24, 2.45) is 0 Å². The van der Waals surface area contributed by atoms with E-state index < -0.39 is 17.8 Å². The topological polar surface area (TPSA) is 108 Å². The smallest absolute Gasteiger partial charge is 0.363 e. The molecule has 2 aliphatic rings. The molecule has 0 aliphatic carbocycles. The fourth-order valence-electron chi connectivity index (χ4n) is 5.07.